The standard InChI is InChI=1S/C22H19FN2O3S/c1-2-15-11-12-20-17(13-15)16-7-3-6-10-21(16)29(27,28)25(20)14-22(26)24-19-9-5-4-8-18(19)23/h3-13H,2,14H2,1H3,(H,24,26). The molecule has 5 nitrogen and oxygen atoms in total. The van der Waals surface area contributed by atoms with Crippen LogP contribution in [-0.4, -0.2) is 20.9 Å². The van der Waals surface area contributed by atoms with Gasteiger partial charge < -0.3 is 5.32 Å². The Labute approximate surface area is 168 Å². The van der Waals surface area contributed by atoms with Gasteiger partial charge >= 0.3 is 0 Å². The molecule has 0 saturated heterocycles. The second-order valence-electron chi connectivity index (χ2n) is 6.74. The van der Waals surface area contributed by atoms with Crippen molar-refractivity contribution < 1.29 is 17.6 Å². The van der Waals surface area contributed by atoms with Crippen molar-refractivity contribution in [1.29, 1.82) is 0 Å². The van der Waals surface area contributed by atoms with Crippen LogP contribution in [0.5, 0.6) is 0 Å². The lowest BCUT2D eigenvalue weighted by Gasteiger charge is -2.32. The molecule has 0 saturated carbocycles. The molecule has 1 amide bonds. The number of hydrogen-bond donors (Lipinski definition) is 1. The minimum Gasteiger partial charge on any atom is -0.322 e. The summed E-state index contributed by atoms with van der Waals surface area (Å²) in [5.74, 6) is -1.20. The SMILES string of the molecule is CCc1ccc2c(c1)-c1ccccc1S(=O)(=O)N2CC(=O)Nc1ccccc1F. The van der Waals surface area contributed by atoms with Crippen molar-refractivity contribution in [2.24, 2.45) is 0 Å². The zero-order chi connectivity index (χ0) is 20.6. The molecule has 1 aliphatic heterocycles. The first-order valence-corrected chi connectivity index (χ1v) is 10.6. The third-order valence-electron chi connectivity index (χ3n) is 4.92. The van der Waals surface area contributed by atoms with Crippen molar-refractivity contribution in [3.63, 3.8) is 0 Å². The van der Waals surface area contributed by atoms with Gasteiger partial charge in [-0.2, -0.15) is 0 Å². The molecule has 1 aliphatic rings. The van der Waals surface area contributed by atoms with E-state index in [1.807, 2.05) is 19.1 Å². The number of nitrogens with one attached hydrogen (secondary N) is 1. The first-order valence-electron chi connectivity index (χ1n) is 9.21. The first-order chi connectivity index (χ1) is 13.9. The maximum absolute atomic E-state index is 13.9. The number of halogens is 1. The van der Waals surface area contributed by atoms with Gasteiger partial charge in [-0.1, -0.05) is 43.3 Å². The number of aryl methyl sites for hydroxylation is 1. The molecule has 148 valence electrons. The second-order valence-corrected chi connectivity index (χ2v) is 8.57. The predicted molar refractivity (Wildman–Crippen MR) is 111 cm³/mol. The van der Waals surface area contributed by atoms with Gasteiger partial charge in [-0.05, 0) is 42.3 Å². The maximum Gasteiger partial charge on any atom is 0.265 e. The van der Waals surface area contributed by atoms with Gasteiger partial charge in [0.05, 0.1) is 16.3 Å². The summed E-state index contributed by atoms with van der Waals surface area (Å²) in [6, 6.07) is 18.0. The Morgan fingerprint density at radius 1 is 1.00 bits per heavy atom. The van der Waals surface area contributed by atoms with E-state index in [1.54, 1.807) is 30.3 Å². The molecule has 0 radical (unpaired) electrons. The fourth-order valence-electron chi connectivity index (χ4n) is 3.45. The zero-order valence-corrected chi connectivity index (χ0v) is 16.5. The second kappa shape index (κ2) is 7.33. The predicted octanol–water partition coefficient (Wildman–Crippen LogP) is 4.20. The van der Waals surface area contributed by atoms with E-state index in [0.717, 1.165) is 21.9 Å². The minimum atomic E-state index is -3.93. The average molecular weight is 410 g/mol. The van der Waals surface area contributed by atoms with E-state index in [1.165, 1.54) is 24.3 Å². The highest BCUT2D eigenvalue weighted by atomic mass is 32.2. The monoisotopic (exact) mass is 410 g/mol. The Bertz CT molecular complexity index is 1210. The molecule has 4 rings (SSSR count). The number of nitrogens with zero attached hydrogens (tertiary/aromatic N) is 1. The number of para-hydroxylation sites is 1. The molecule has 1 N–H and O–H groups in total. The van der Waals surface area contributed by atoms with Crippen molar-refractivity contribution in [3.05, 3.63) is 78.1 Å². The Hall–Kier alpha value is -3.19. The molecule has 29 heavy (non-hydrogen) atoms. The third kappa shape index (κ3) is 3.38. The minimum absolute atomic E-state index is 0.00821. The van der Waals surface area contributed by atoms with Gasteiger partial charge in [0.2, 0.25) is 5.91 Å². The molecule has 3 aromatic carbocycles. The van der Waals surface area contributed by atoms with Crippen molar-refractivity contribution in [3.8, 4) is 11.1 Å². The average Bonchev–Trinajstić information content (AvgIpc) is 2.72. The summed E-state index contributed by atoms with van der Waals surface area (Å²) in [7, 11) is -3.93. The summed E-state index contributed by atoms with van der Waals surface area (Å²) in [6.45, 7) is 1.57. The van der Waals surface area contributed by atoms with Gasteiger partial charge in [-0.25, -0.2) is 12.8 Å². The van der Waals surface area contributed by atoms with Crippen LogP contribution in [0.4, 0.5) is 15.8 Å². The number of carbonyl (C=O) groups is 1. The third-order valence-corrected chi connectivity index (χ3v) is 6.74. The van der Waals surface area contributed by atoms with Crippen LogP contribution in [0.3, 0.4) is 0 Å². The highest BCUT2D eigenvalue weighted by molar-refractivity contribution is 7.93. The summed E-state index contributed by atoms with van der Waals surface area (Å²) >= 11 is 0. The molecule has 0 bridgehead atoms. The van der Waals surface area contributed by atoms with Crippen LogP contribution in [-0.2, 0) is 21.2 Å². The molecule has 0 aliphatic carbocycles. The molecule has 0 spiro atoms. The number of carbonyl (C=O) groups excluding carboxylic acids is 1. The number of benzene rings is 3. The molecule has 0 atom stereocenters. The van der Waals surface area contributed by atoms with E-state index in [9.17, 15) is 17.6 Å². The highest BCUT2D eigenvalue weighted by Gasteiger charge is 2.36. The summed E-state index contributed by atoms with van der Waals surface area (Å²) in [5, 5.41) is 2.45. The van der Waals surface area contributed by atoms with Gasteiger partial charge in [0.25, 0.3) is 10.0 Å². The Morgan fingerprint density at radius 3 is 2.48 bits per heavy atom. The van der Waals surface area contributed by atoms with Crippen LogP contribution in [0.15, 0.2) is 71.6 Å². The van der Waals surface area contributed by atoms with Crippen molar-refractivity contribution in [2.45, 2.75) is 18.2 Å². The van der Waals surface area contributed by atoms with Crippen LogP contribution in [0, 0.1) is 5.82 Å². The van der Waals surface area contributed by atoms with Crippen LogP contribution >= 0.6 is 0 Å². The van der Waals surface area contributed by atoms with Crippen LogP contribution in [0.25, 0.3) is 11.1 Å². The number of anilines is 2. The Balaban J connectivity index is 1.76. The highest BCUT2D eigenvalue weighted by Crippen LogP contribution is 2.43. The van der Waals surface area contributed by atoms with E-state index < -0.39 is 28.3 Å². The Kier molecular flexibility index (Phi) is 4.84. The molecular weight excluding hydrogens is 391 g/mol. The number of fused-ring (bicyclic) bond motifs is 3. The van der Waals surface area contributed by atoms with Crippen LogP contribution in [0.1, 0.15) is 12.5 Å². The number of hydrogen-bond acceptors (Lipinski definition) is 3. The summed E-state index contributed by atoms with van der Waals surface area (Å²) in [6.07, 6.45) is 0.802. The summed E-state index contributed by atoms with van der Waals surface area (Å²) in [4.78, 5) is 12.7. The van der Waals surface area contributed by atoms with E-state index in [2.05, 4.69) is 5.32 Å². The van der Waals surface area contributed by atoms with Crippen molar-refractivity contribution in [2.75, 3.05) is 16.2 Å². The van der Waals surface area contributed by atoms with E-state index in [0.29, 0.717) is 11.3 Å². The summed E-state index contributed by atoms with van der Waals surface area (Å²) < 4.78 is 41.4. The maximum atomic E-state index is 13.9. The smallest absolute Gasteiger partial charge is 0.265 e. The van der Waals surface area contributed by atoms with E-state index in [4.69, 9.17) is 0 Å². The zero-order valence-electron chi connectivity index (χ0n) is 15.7. The van der Waals surface area contributed by atoms with Gasteiger partial charge in [-0.3, -0.25) is 9.10 Å². The van der Waals surface area contributed by atoms with Gasteiger partial charge in [0, 0.05) is 11.1 Å². The molecular formula is C22H19FN2O3S. The lowest BCUT2D eigenvalue weighted by Crippen LogP contribution is -2.40. The van der Waals surface area contributed by atoms with Gasteiger partial charge in [0.15, 0.2) is 0 Å². The van der Waals surface area contributed by atoms with E-state index in [-0.39, 0.29) is 10.6 Å². The molecule has 7 heteroatoms. The molecule has 3 aromatic rings. The summed E-state index contributed by atoms with van der Waals surface area (Å²) in [5.41, 5.74) is 2.88. The van der Waals surface area contributed by atoms with Crippen molar-refractivity contribution >= 4 is 27.3 Å². The molecule has 0 aromatic heterocycles. The van der Waals surface area contributed by atoms with Crippen LogP contribution < -0.4 is 9.62 Å². The Morgan fingerprint density at radius 2 is 1.72 bits per heavy atom. The lowest BCUT2D eigenvalue weighted by molar-refractivity contribution is -0.114. The number of amides is 1. The molecule has 0 fully saturated rings. The fraction of sp³-hybridized carbons (Fsp3) is 0.136. The van der Waals surface area contributed by atoms with E-state index >= 15 is 0 Å². The quantitative estimate of drug-likeness (QED) is 0.701. The van der Waals surface area contributed by atoms with Crippen LogP contribution in [0.2, 0.25) is 0 Å². The normalized spacial score (nSPS) is 14.1. The topological polar surface area (TPSA) is 66.5 Å². The molecule has 1 heterocycles. The largest absolute Gasteiger partial charge is 0.322 e. The fourth-order valence-corrected chi connectivity index (χ4v) is 5.10. The van der Waals surface area contributed by atoms with Crippen molar-refractivity contribution in [1.82, 2.24) is 0 Å². The number of sulfonamides is 1. The lowest BCUT2D eigenvalue weighted by atomic mass is 9.99. The first kappa shape index (κ1) is 19.1. The van der Waals surface area contributed by atoms with Gasteiger partial charge in [0.1, 0.15) is 12.4 Å². The molecule has 0 unspecified atom stereocenters. The van der Waals surface area contributed by atoms with Gasteiger partial charge in [-0.15, -0.1) is 0 Å². The number of rotatable bonds is 4.